The Balaban J connectivity index is 2.42. The average Bonchev–Trinajstić information content (AvgIpc) is 2.29. The molecule has 1 aromatic carbocycles. The molecule has 1 rings (SSSR count). The summed E-state index contributed by atoms with van der Waals surface area (Å²) in [6.45, 7) is 9.21. The fourth-order valence-corrected chi connectivity index (χ4v) is 5.89. The quantitative estimate of drug-likeness (QED) is 0.708. The van der Waals surface area contributed by atoms with Crippen LogP contribution in [0.5, 0.6) is 0 Å². The summed E-state index contributed by atoms with van der Waals surface area (Å²) >= 11 is 0. The van der Waals surface area contributed by atoms with Crippen LogP contribution in [0.4, 0.5) is 0 Å². The third-order valence-electron chi connectivity index (χ3n) is 3.09. The van der Waals surface area contributed by atoms with Crippen LogP contribution in [0.2, 0.25) is 19.1 Å². The molecule has 16 heavy (non-hydrogen) atoms. The minimum absolute atomic E-state index is 0.0114. The molecule has 3 unspecified atom stereocenters. The molecule has 0 N–H and O–H groups in total. The first kappa shape index (κ1) is 13.7. The van der Waals surface area contributed by atoms with Crippen molar-refractivity contribution in [2.75, 3.05) is 0 Å². The van der Waals surface area contributed by atoms with Gasteiger partial charge in [-0.2, -0.15) is 0 Å². The summed E-state index contributed by atoms with van der Waals surface area (Å²) in [5.74, 6) is 0.647. The largest absolute Gasteiger partial charge is 0.421 e. The van der Waals surface area contributed by atoms with E-state index in [2.05, 4.69) is 57.3 Å². The lowest BCUT2D eigenvalue weighted by Crippen LogP contribution is -2.25. The van der Waals surface area contributed by atoms with Gasteiger partial charge in [-0.15, -0.1) is 0 Å². The normalized spacial score (nSPS) is 17.5. The van der Waals surface area contributed by atoms with Crippen molar-refractivity contribution < 1.29 is 4.43 Å². The monoisotopic (exact) mass is 252 g/mol. The molecular weight excluding hydrogens is 228 g/mol. The SMILES string of the molecule is C[SiH2]C(C)O[SiH](C)CC(C)c1ccccc1. The van der Waals surface area contributed by atoms with Gasteiger partial charge in [-0.3, -0.25) is 0 Å². The lowest BCUT2D eigenvalue weighted by atomic mass is 10.0. The molecule has 0 aliphatic heterocycles. The van der Waals surface area contributed by atoms with Gasteiger partial charge in [-0.25, -0.2) is 0 Å². The second-order valence-corrected chi connectivity index (χ2v) is 9.04. The molecule has 90 valence electrons. The third-order valence-corrected chi connectivity index (χ3v) is 7.12. The van der Waals surface area contributed by atoms with Crippen molar-refractivity contribution in [3.05, 3.63) is 35.9 Å². The lowest BCUT2D eigenvalue weighted by molar-refractivity contribution is 0.299. The maximum Gasteiger partial charge on any atom is 0.174 e. The Morgan fingerprint density at radius 1 is 1.25 bits per heavy atom. The summed E-state index contributed by atoms with van der Waals surface area (Å²) in [7, 11) is -0.959. The molecule has 0 fully saturated rings. The number of rotatable bonds is 6. The lowest BCUT2D eigenvalue weighted by Gasteiger charge is -2.20. The Kier molecular flexibility index (Phi) is 6.02. The molecule has 1 nitrogen and oxygen atoms in total. The van der Waals surface area contributed by atoms with E-state index < -0.39 is 9.04 Å². The molecule has 0 radical (unpaired) electrons. The van der Waals surface area contributed by atoms with Gasteiger partial charge < -0.3 is 4.43 Å². The van der Waals surface area contributed by atoms with Crippen LogP contribution in [0.1, 0.15) is 25.3 Å². The summed E-state index contributed by atoms with van der Waals surface area (Å²) in [5, 5.41) is 0. The molecule has 0 amide bonds. The maximum absolute atomic E-state index is 6.09. The van der Waals surface area contributed by atoms with Gasteiger partial charge in [0.25, 0.3) is 0 Å². The van der Waals surface area contributed by atoms with Crippen molar-refractivity contribution in [3.8, 4) is 0 Å². The minimum atomic E-state index is -0.971. The molecule has 0 saturated heterocycles. The highest BCUT2D eigenvalue weighted by Crippen LogP contribution is 2.21. The number of hydrogen-bond acceptors (Lipinski definition) is 1. The van der Waals surface area contributed by atoms with Gasteiger partial charge in [-0.05, 0) is 31.0 Å². The summed E-state index contributed by atoms with van der Waals surface area (Å²) in [6, 6.07) is 12.0. The highest BCUT2D eigenvalue weighted by atomic mass is 28.3. The summed E-state index contributed by atoms with van der Waals surface area (Å²) in [4.78, 5) is 0. The highest BCUT2D eigenvalue weighted by molar-refractivity contribution is 6.51. The zero-order chi connectivity index (χ0) is 12.0. The molecule has 1 aromatic rings. The molecule has 0 heterocycles. The van der Waals surface area contributed by atoms with E-state index in [4.69, 9.17) is 4.43 Å². The van der Waals surface area contributed by atoms with Crippen LogP contribution >= 0.6 is 0 Å². The van der Waals surface area contributed by atoms with E-state index in [0.717, 1.165) is 0 Å². The first-order valence-corrected chi connectivity index (χ1v) is 11.0. The van der Waals surface area contributed by atoms with E-state index in [1.165, 1.54) is 11.6 Å². The average molecular weight is 253 g/mol. The van der Waals surface area contributed by atoms with Gasteiger partial charge in [-0.1, -0.05) is 43.8 Å². The van der Waals surface area contributed by atoms with Crippen molar-refractivity contribution in [2.24, 2.45) is 0 Å². The van der Waals surface area contributed by atoms with E-state index in [1.54, 1.807) is 0 Å². The maximum atomic E-state index is 6.09. The van der Waals surface area contributed by atoms with E-state index in [-0.39, 0.29) is 9.52 Å². The fraction of sp³-hybridized carbons (Fsp3) is 0.538. The predicted octanol–water partition coefficient (Wildman–Crippen LogP) is 2.72. The molecule has 0 aromatic heterocycles. The van der Waals surface area contributed by atoms with Crippen LogP contribution in [0.25, 0.3) is 0 Å². The van der Waals surface area contributed by atoms with Crippen molar-refractivity contribution in [1.82, 2.24) is 0 Å². The van der Waals surface area contributed by atoms with Crippen molar-refractivity contribution in [2.45, 2.75) is 44.6 Å². The van der Waals surface area contributed by atoms with Crippen LogP contribution in [-0.2, 0) is 4.43 Å². The molecule has 3 heteroatoms. The van der Waals surface area contributed by atoms with Gasteiger partial charge in [0.15, 0.2) is 9.04 Å². The predicted molar refractivity (Wildman–Crippen MR) is 77.6 cm³/mol. The van der Waals surface area contributed by atoms with Crippen molar-refractivity contribution in [3.63, 3.8) is 0 Å². The molecule has 0 saturated carbocycles. The molecule has 0 bridgehead atoms. The van der Waals surface area contributed by atoms with Gasteiger partial charge in [0, 0.05) is 5.73 Å². The standard InChI is InChI=1S/C13H24OSi2/c1-11(13-8-6-5-7-9-13)10-16(4)14-12(2)15-3/h5-9,11-12,16H,10,15H2,1-4H3. The fourth-order valence-electron chi connectivity index (χ4n) is 1.96. The summed E-state index contributed by atoms with van der Waals surface area (Å²) < 4.78 is 6.09. The zero-order valence-corrected chi connectivity index (χ0v) is 13.5. The number of hydrogen-bond donors (Lipinski definition) is 0. The Bertz CT molecular complexity index is 289. The molecular formula is C13H24OSi2. The first-order valence-electron chi connectivity index (χ1n) is 6.33. The zero-order valence-electron chi connectivity index (χ0n) is 10.9. The second kappa shape index (κ2) is 7.04. The van der Waals surface area contributed by atoms with Crippen LogP contribution in [0.3, 0.4) is 0 Å². The van der Waals surface area contributed by atoms with Gasteiger partial charge in [0.1, 0.15) is 0 Å². The molecule has 0 aliphatic rings. The molecule has 0 aliphatic carbocycles. The Hall–Kier alpha value is -0.386. The topological polar surface area (TPSA) is 9.23 Å². The van der Waals surface area contributed by atoms with E-state index in [9.17, 15) is 0 Å². The van der Waals surface area contributed by atoms with Crippen LogP contribution in [0, 0.1) is 0 Å². The van der Waals surface area contributed by atoms with Crippen LogP contribution in [0.15, 0.2) is 30.3 Å². The van der Waals surface area contributed by atoms with Crippen molar-refractivity contribution in [1.29, 1.82) is 0 Å². The van der Waals surface area contributed by atoms with Gasteiger partial charge in [0.05, 0.1) is 9.52 Å². The smallest absolute Gasteiger partial charge is 0.174 e. The van der Waals surface area contributed by atoms with E-state index >= 15 is 0 Å². The molecule has 0 spiro atoms. The summed E-state index contributed by atoms with van der Waals surface area (Å²) in [5.41, 5.74) is 2.02. The van der Waals surface area contributed by atoms with Crippen LogP contribution in [-0.4, -0.2) is 24.3 Å². The molecule has 3 atom stereocenters. The van der Waals surface area contributed by atoms with Crippen LogP contribution < -0.4 is 0 Å². The Labute approximate surface area is 104 Å². The van der Waals surface area contributed by atoms with E-state index in [1.807, 2.05) is 0 Å². The summed E-state index contributed by atoms with van der Waals surface area (Å²) in [6.07, 6.45) is 0. The second-order valence-electron chi connectivity index (χ2n) is 4.71. The van der Waals surface area contributed by atoms with Gasteiger partial charge in [0.2, 0.25) is 0 Å². The number of benzene rings is 1. The first-order chi connectivity index (χ1) is 7.63. The van der Waals surface area contributed by atoms with Crippen molar-refractivity contribution >= 4 is 18.6 Å². The minimum Gasteiger partial charge on any atom is -0.421 e. The van der Waals surface area contributed by atoms with Gasteiger partial charge >= 0.3 is 0 Å². The Morgan fingerprint density at radius 3 is 2.44 bits per heavy atom. The Morgan fingerprint density at radius 2 is 1.88 bits per heavy atom. The third kappa shape index (κ3) is 4.64. The highest BCUT2D eigenvalue weighted by Gasteiger charge is 2.14. The van der Waals surface area contributed by atoms with E-state index in [0.29, 0.717) is 11.6 Å².